The zero-order valence-electron chi connectivity index (χ0n) is 16.6. The molecule has 6 heteroatoms. The van der Waals surface area contributed by atoms with Crippen molar-refractivity contribution < 1.29 is 13.9 Å². The summed E-state index contributed by atoms with van der Waals surface area (Å²) in [5.74, 6) is 0.909. The zero-order chi connectivity index (χ0) is 20.8. The number of nitrogens with zero attached hydrogens (tertiary/aromatic N) is 3. The molecule has 0 aliphatic rings. The molecular weight excluding hydrogens is 378 g/mol. The van der Waals surface area contributed by atoms with E-state index in [-0.39, 0.29) is 12.5 Å². The Bertz CT molecular complexity index is 1090. The lowest BCUT2D eigenvalue weighted by molar-refractivity contribution is -0.120. The Morgan fingerprint density at radius 2 is 1.80 bits per heavy atom. The molecule has 0 saturated heterocycles. The van der Waals surface area contributed by atoms with Gasteiger partial charge in [-0.05, 0) is 54.4 Å². The number of amides is 1. The van der Waals surface area contributed by atoms with Gasteiger partial charge in [0.2, 0.25) is 12.3 Å². The van der Waals surface area contributed by atoms with E-state index in [0.29, 0.717) is 18.2 Å². The number of anilines is 1. The maximum atomic E-state index is 13.1. The van der Waals surface area contributed by atoms with Crippen LogP contribution in [-0.2, 0) is 11.3 Å². The molecular formula is C24H21N3O3. The van der Waals surface area contributed by atoms with E-state index >= 15 is 0 Å². The van der Waals surface area contributed by atoms with Crippen LogP contribution in [0.15, 0.2) is 89.7 Å². The summed E-state index contributed by atoms with van der Waals surface area (Å²) >= 11 is 0. The van der Waals surface area contributed by atoms with Crippen molar-refractivity contribution in [3.05, 3.63) is 96.4 Å². The van der Waals surface area contributed by atoms with Gasteiger partial charge < -0.3 is 14.1 Å². The Morgan fingerprint density at radius 3 is 2.50 bits per heavy atom. The van der Waals surface area contributed by atoms with Gasteiger partial charge in [-0.1, -0.05) is 42.5 Å². The smallest absolute Gasteiger partial charge is 0.265 e. The summed E-state index contributed by atoms with van der Waals surface area (Å²) in [5, 5.41) is 7.55. The highest BCUT2D eigenvalue weighted by Gasteiger charge is 2.17. The second-order valence-corrected chi connectivity index (χ2v) is 6.86. The van der Waals surface area contributed by atoms with Gasteiger partial charge in [-0.2, -0.15) is 0 Å². The number of aryl methyl sites for hydroxylation is 1. The van der Waals surface area contributed by atoms with E-state index in [1.54, 1.807) is 17.0 Å². The number of benzene rings is 3. The lowest BCUT2D eigenvalue weighted by atomic mass is 10.1. The summed E-state index contributed by atoms with van der Waals surface area (Å²) in [5.41, 5.74) is 3.78. The number of carbonyl (C=O) groups is 1. The second kappa shape index (κ2) is 9.05. The van der Waals surface area contributed by atoms with Crippen LogP contribution in [-0.4, -0.2) is 22.7 Å². The largest absolute Gasteiger partial charge is 0.484 e. The molecule has 1 aromatic heterocycles. The van der Waals surface area contributed by atoms with Gasteiger partial charge in [-0.3, -0.25) is 4.79 Å². The van der Waals surface area contributed by atoms with E-state index in [9.17, 15) is 4.79 Å². The van der Waals surface area contributed by atoms with Crippen LogP contribution < -0.4 is 9.64 Å². The molecule has 6 nitrogen and oxygen atoms in total. The summed E-state index contributed by atoms with van der Waals surface area (Å²) in [6.07, 6.45) is 1.28. The average Bonchev–Trinajstić information content (AvgIpc) is 3.32. The summed E-state index contributed by atoms with van der Waals surface area (Å²) in [4.78, 5) is 14.8. The van der Waals surface area contributed by atoms with E-state index in [1.165, 1.54) is 6.39 Å². The maximum absolute atomic E-state index is 13.1. The first-order valence-electron chi connectivity index (χ1n) is 9.59. The number of carbonyl (C=O) groups excluding carboxylic acids is 1. The van der Waals surface area contributed by atoms with Gasteiger partial charge in [-0.25, -0.2) is 0 Å². The molecule has 0 saturated carbocycles. The lowest BCUT2D eigenvalue weighted by Crippen LogP contribution is -2.34. The van der Waals surface area contributed by atoms with Crippen molar-refractivity contribution in [1.82, 2.24) is 10.2 Å². The van der Waals surface area contributed by atoms with Gasteiger partial charge in [-0.15, -0.1) is 10.2 Å². The summed E-state index contributed by atoms with van der Waals surface area (Å²) in [7, 11) is 0. The van der Waals surface area contributed by atoms with Gasteiger partial charge in [0.25, 0.3) is 5.91 Å². The van der Waals surface area contributed by atoms with E-state index < -0.39 is 0 Å². The average molecular weight is 399 g/mol. The van der Waals surface area contributed by atoms with Gasteiger partial charge in [0.05, 0.1) is 6.54 Å². The van der Waals surface area contributed by atoms with Crippen LogP contribution in [0.25, 0.3) is 11.5 Å². The van der Waals surface area contributed by atoms with Crippen LogP contribution in [0.3, 0.4) is 0 Å². The van der Waals surface area contributed by atoms with Crippen LogP contribution in [0.2, 0.25) is 0 Å². The highest BCUT2D eigenvalue weighted by molar-refractivity contribution is 5.94. The predicted molar refractivity (Wildman–Crippen MR) is 114 cm³/mol. The fraction of sp³-hybridized carbons (Fsp3) is 0.125. The molecule has 30 heavy (non-hydrogen) atoms. The third-order valence-electron chi connectivity index (χ3n) is 4.62. The van der Waals surface area contributed by atoms with Crippen LogP contribution in [0.5, 0.6) is 5.75 Å². The minimum Gasteiger partial charge on any atom is -0.484 e. The SMILES string of the molecule is Cc1cccc(N(Cc2ccccc2)C(=O)COc2ccc(-c3nnco3)cc2)c1. The molecule has 0 bridgehead atoms. The fourth-order valence-electron chi connectivity index (χ4n) is 3.10. The topological polar surface area (TPSA) is 68.5 Å². The van der Waals surface area contributed by atoms with Crippen molar-refractivity contribution in [3.8, 4) is 17.2 Å². The van der Waals surface area contributed by atoms with Crippen molar-refractivity contribution in [3.63, 3.8) is 0 Å². The standard InChI is InChI=1S/C24H21N3O3/c1-18-6-5-9-21(14-18)27(15-19-7-3-2-4-8-19)23(28)16-29-22-12-10-20(11-13-22)24-26-25-17-30-24/h2-14,17H,15-16H2,1H3. The third-order valence-corrected chi connectivity index (χ3v) is 4.62. The molecule has 1 amide bonds. The van der Waals surface area contributed by atoms with Gasteiger partial charge in [0.15, 0.2) is 6.61 Å². The molecule has 0 spiro atoms. The Kier molecular flexibility index (Phi) is 5.85. The van der Waals surface area contributed by atoms with Gasteiger partial charge >= 0.3 is 0 Å². The molecule has 0 unspecified atom stereocenters. The number of rotatable bonds is 7. The van der Waals surface area contributed by atoms with Crippen molar-refractivity contribution >= 4 is 11.6 Å². The molecule has 0 aliphatic carbocycles. The molecule has 0 atom stereocenters. The van der Waals surface area contributed by atoms with E-state index in [2.05, 4.69) is 10.2 Å². The molecule has 4 aromatic rings. The van der Waals surface area contributed by atoms with Crippen molar-refractivity contribution in [2.45, 2.75) is 13.5 Å². The second-order valence-electron chi connectivity index (χ2n) is 6.86. The Balaban J connectivity index is 1.47. The Morgan fingerprint density at radius 1 is 1.00 bits per heavy atom. The molecule has 0 radical (unpaired) electrons. The Hall–Kier alpha value is -3.93. The van der Waals surface area contributed by atoms with Crippen LogP contribution in [0.1, 0.15) is 11.1 Å². The molecule has 4 rings (SSSR count). The van der Waals surface area contributed by atoms with Crippen LogP contribution in [0, 0.1) is 6.92 Å². The minimum atomic E-state index is -0.120. The summed E-state index contributed by atoms with van der Waals surface area (Å²) in [6, 6.07) is 25.0. The number of hydrogen-bond donors (Lipinski definition) is 0. The first-order chi connectivity index (χ1) is 14.7. The van der Waals surface area contributed by atoms with Crippen molar-refractivity contribution in [2.75, 3.05) is 11.5 Å². The molecule has 0 N–H and O–H groups in total. The molecule has 0 fully saturated rings. The maximum Gasteiger partial charge on any atom is 0.265 e. The van der Waals surface area contributed by atoms with Crippen LogP contribution >= 0.6 is 0 Å². The van der Waals surface area contributed by atoms with Crippen LogP contribution in [0.4, 0.5) is 5.69 Å². The molecule has 0 aliphatic heterocycles. The summed E-state index contributed by atoms with van der Waals surface area (Å²) < 4.78 is 10.9. The zero-order valence-corrected chi connectivity index (χ0v) is 16.6. The van der Waals surface area contributed by atoms with E-state index in [1.807, 2.05) is 73.7 Å². The lowest BCUT2D eigenvalue weighted by Gasteiger charge is -2.23. The minimum absolute atomic E-state index is 0.0688. The van der Waals surface area contributed by atoms with Gasteiger partial charge in [0.1, 0.15) is 5.75 Å². The van der Waals surface area contributed by atoms with E-state index in [4.69, 9.17) is 9.15 Å². The van der Waals surface area contributed by atoms with Gasteiger partial charge in [0, 0.05) is 11.3 Å². The predicted octanol–water partition coefficient (Wildman–Crippen LogP) is 4.66. The molecule has 1 heterocycles. The molecule has 3 aromatic carbocycles. The highest BCUT2D eigenvalue weighted by atomic mass is 16.5. The first kappa shape index (κ1) is 19.4. The number of hydrogen-bond acceptors (Lipinski definition) is 5. The molecule has 150 valence electrons. The van der Waals surface area contributed by atoms with E-state index in [0.717, 1.165) is 22.4 Å². The van der Waals surface area contributed by atoms with Crippen molar-refractivity contribution in [1.29, 1.82) is 0 Å². The highest BCUT2D eigenvalue weighted by Crippen LogP contribution is 2.22. The summed E-state index contributed by atoms with van der Waals surface area (Å²) in [6.45, 7) is 2.42. The normalized spacial score (nSPS) is 10.6. The Labute approximate surface area is 174 Å². The number of ether oxygens (including phenoxy) is 1. The quantitative estimate of drug-likeness (QED) is 0.452. The third kappa shape index (κ3) is 4.72. The monoisotopic (exact) mass is 399 g/mol. The number of aromatic nitrogens is 2. The first-order valence-corrected chi connectivity index (χ1v) is 9.59. The van der Waals surface area contributed by atoms with Crippen molar-refractivity contribution in [2.24, 2.45) is 0 Å². The fourth-order valence-corrected chi connectivity index (χ4v) is 3.10.